The molecule has 0 radical (unpaired) electrons. The number of pyridine rings is 1. The van der Waals surface area contributed by atoms with Crippen molar-refractivity contribution in [3.63, 3.8) is 0 Å². The number of nitrogen functional groups attached to an aromatic ring is 1. The molecule has 82 valence electrons. The maximum atomic E-state index is 7.30. The molecule has 0 spiro atoms. The van der Waals surface area contributed by atoms with Gasteiger partial charge in [-0.05, 0) is 30.8 Å². The minimum absolute atomic E-state index is 0.0316. The monoisotopic (exact) mass is 251 g/mol. The molecule has 0 bridgehead atoms. The van der Waals surface area contributed by atoms with Crippen molar-refractivity contribution in [2.75, 3.05) is 0 Å². The van der Waals surface area contributed by atoms with Gasteiger partial charge in [-0.2, -0.15) is 0 Å². The van der Waals surface area contributed by atoms with Gasteiger partial charge in [-0.15, -0.1) is 10.2 Å². The standard InChI is InChI=1S/C9H9N5S2/c1-5-13-14-9(15-5)16-7-4-2-3-6(12-7)8(10)11/h2-4H,1H3,(H3,10,11). The molecular formula is C9H9N5S2. The van der Waals surface area contributed by atoms with Crippen LogP contribution in [0.1, 0.15) is 10.7 Å². The number of nitrogens with one attached hydrogen (secondary N) is 1. The van der Waals surface area contributed by atoms with Crippen LogP contribution in [-0.4, -0.2) is 21.0 Å². The molecule has 2 aromatic heterocycles. The zero-order chi connectivity index (χ0) is 11.5. The van der Waals surface area contributed by atoms with E-state index in [1.165, 1.54) is 23.1 Å². The molecule has 7 heteroatoms. The summed E-state index contributed by atoms with van der Waals surface area (Å²) in [6.07, 6.45) is 0. The van der Waals surface area contributed by atoms with Crippen LogP contribution in [0.5, 0.6) is 0 Å². The number of hydrogen-bond donors (Lipinski definition) is 2. The van der Waals surface area contributed by atoms with E-state index in [1.807, 2.05) is 19.1 Å². The van der Waals surface area contributed by atoms with E-state index in [9.17, 15) is 0 Å². The van der Waals surface area contributed by atoms with E-state index < -0.39 is 0 Å². The van der Waals surface area contributed by atoms with Crippen LogP contribution in [0.15, 0.2) is 27.6 Å². The summed E-state index contributed by atoms with van der Waals surface area (Å²) in [5, 5.41) is 16.9. The van der Waals surface area contributed by atoms with Gasteiger partial charge in [0.1, 0.15) is 21.6 Å². The van der Waals surface area contributed by atoms with Gasteiger partial charge < -0.3 is 5.73 Å². The van der Waals surface area contributed by atoms with Crippen LogP contribution in [-0.2, 0) is 0 Å². The number of nitrogens with zero attached hydrogens (tertiary/aromatic N) is 3. The van der Waals surface area contributed by atoms with Crippen molar-refractivity contribution in [1.82, 2.24) is 15.2 Å². The molecule has 16 heavy (non-hydrogen) atoms. The largest absolute Gasteiger partial charge is 0.382 e. The highest BCUT2D eigenvalue weighted by molar-refractivity contribution is 8.01. The fourth-order valence-electron chi connectivity index (χ4n) is 1.03. The normalized spacial score (nSPS) is 10.3. The van der Waals surface area contributed by atoms with E-state index in [0.717, 1.165) is 14.4 Å². The van der Waals surface area contributed by atoms with E-state index in [0.29, 0.717) is 5.69 Å². The van der Waals surface area contributed by atoms with Gasteiger partial charge in [-0.3, -0.25) is 5.41 Å². The van der Waals surface area contributed by atoms with Crippen molar-refractivity contribution in [1.29, 1.82) is 5.41 Å². The first-order chi connectivity index (χ1) is 7.65. The average molecular weight is 251 g/mol. The Morgan fingerprint density at radius 3 is 2.88 bits per heavy atom. The third-order valence-corrected chi connectivity index (χ3v) is 3.52. The number of nitrogens with two attached hydrogens (primary N) is 1. The summed E-state index contributed by atoms with van der Waals surface area (Å²) in [7, 11) is 0. The topological polar surface area (TPSA) is 88.5 Å². The summed E-state index contributed by atoms with van der Waals surface area (Å²) < 4.78 is 0.839. The molecule has 0 aliphatic heterocycles. The molecule has 2 rings (SSSR count). The third-order valence-electron chi connectivity index (χ3n) is 1.70. The number of rotatable bonds is 3. The molecular weight excluding hydrogens is 242 g/mol. The van der Waals surface area contributed by atoms with E-state index in [2.05, 4.69) is 15.2 Å². The van der Waals surface area contributed by atoms with E-state index >= 15 is 0 Å². The second-order valence-electron chi connectivity index (χ2n) is 2.96. The molecule has 0 aliphatic carbocycles. The lowest BCUT2D eigenvalue weighted by Crippen LogP contribution is -2.12. The molecule has 0 saturated heterocycles. The quantitative estimate of drug-likeness (QED) is 0.640. The minimum Gasteiger partial charge on any atom is -0.382 e. The summed E-state index contributed by atoms with van der Waals surface area (Å²) in [5.41, 5.74) is 5.84. The molecule has 0 atom stereocenters. The van der Waals surface area contributed by atoms with Crippen molar-refractivity contribution >= 4 is 28.9 Å². The van der Waals surface area contributed by atoms with Crippen LogP contribution < -0.4 is 5.73 Å². The SMILES string of the molecule is Cc1nnc(Sc2cccc(C(=N)N)n2)s1. The zero-order valence-corrected chi connectivity index (χ0v) is 10.1. The van der Waals surface area contributed by atoms with Gasteiger partial charge in [-0.1, -0.05) is 17.4 Å². The van der Waals surface area contributed by atoms with E-state index in [-0.39, 0.29) is 5.84 Å². The first-order valence-corrected chi connectivity index (χ1v) is 6.08. The Morgan fingerprint density at radius 1 is 1.44 bits per heavy atom. The van der Waals surface area contributed by atoms with Crippen LogP contribution in [0.25, 0.3) is 0 Å². The predicted molar refractivity (Wildman–Crippen MR) is 64.0 cm³/mol. The highest BCUT2D eigenvalue weighted by Gasteiger charge is 2.06. The van der Waals surface area contributed by atoms with Crippen molar-refractivity contribution in [3.05, 3.63) is 28.9 Å². The average Bonchev–Trinajstić information content (AvgIpc) is 2.64. The summed E-state index contributed by atoms with van der Waals surface area (Å²) in [5.74, 6) is -0.0316. The van der Waals surface area contributed by atoms with E-state index in [4.69, 9.17) is 11.1 Å². The number of hydrogen-bond acceptors (Lipinski definition) is 6. The lowest BCUT2D eigenvalue weighted by Gasteiger charge is -1.99. The van der Waals surface area contributed by atoms with Crippen LogP contribution in [0.4, 0.5) is 0 Å². The van der Waals surface area contributed by atoms with Gasteiger partial charge in [-0.25, -0.2) is 4.98 Å². The van der Waals surface area contributed by atoms with Gasteiger partial charge in [0.2, 0.25) is 0 Å². The fourth-order valence-corrected chi connectivity index (χ4v) is 2.78. The maximum absolute atomic E-state index is 7.30. The molecule has 2 heterocycles. The summed E-state index contributed by atoms with van der Waals surface area (Å²) in [4.78, 5) is 4.23. The maximum Gasteiger partial charge on any atom is 0.180 e. The summed E-state index contributed by atoms with van der Waals surface area (Å²) >= 11 is 2.93. The van der Waals surface area contributed by atoms with Crippen LogP contribution >= 0.6 is 23.1 Å². The Balaban J connectivity index is 2.21. The lowest BCUT2D eigenvalue weighted by molar-refractivity contribution is 0.980. The number of amidine groups is 1. The predicted octanol–water partition coefficient (Wildman–Crippen LogP) is 1.68. The highest BCUT2D eigenvalue weighted by Crippen LogP contribution is 2.28. The minimum atomic E-state index is -0.0316. The van der Waals surface area contributed by atoms with Gasteiger partial charge >= 0.3 is 0 Å². The molecule has 0 unspecified atom stereocenters. The summed E-state index contributed by atoms with van der Waals surface area (Å²) in [6, 6.07) is 5.38. The van der Waals surface area contributed by atoms with Crippen LogP contribution in [0.3, 0.4) is 0 Å². The van der Waals surface area contributed by atoms with E-state index in [1.54, 1.807) is 6.07 Å². The molecule has 2 aromatic rings. The molecule has 0 aromatic carbocycles. The smallest absolute Gasteiger partial charge is 0.180 e. The number of aryl methyl sites for hydroxylation is 1. The highest BCUT2D eigenvalue weighted by atomic mass is 32.2. The first kappa shape index (κ1) is 11.0. The fraction of sp³-hybridized carbons (Fsp3) is 0.111. The van der Waals surface area contributed by atoms with Gasteiger partial charge in [0.05, 0.1) is 0 Å². The van der Waals surface area contributed by atoms with Gasteiger partial charge in [0, 0.05) is 0 Å². The Bertz CT molecular complexity index is 522. The third kappa shape index (κ3) is 2.56. The summed E-state index contributed by atoms with van der Waals surface area (Å²) in [6.45, 7) is 1.90. The van der Waals surface area contributed by atoms with Crippen molar-refractivity contribution in [2.24, 2.45) is 5.73 Å². The molecule has 0 saturated carbocycles. The Labute approximate surface area is 101 Å². The van der Waals surface area contributed by atoms with Crippen LogP contribution in [0.2, 0.25) is 0 Å². The van der Waals surface area contributed by atoms with Crippen molar-refractivity contribution < 1.29 is 0 Å². The van der Waals surface area contributed by atoms with Crippen molar-refractivity contribution in [2.45, 2.75) is 16.3 Å². The Morgan fingerprint density at radius 2 is 2.25 bits per heavy atom. The lowest BCUT2D eigenvalue weighted by atomic mass is 10.3. The van der Waals surface area contributed by atoms with Crippen LogP contribution in [0, 0.1) is 12.3 Å². The van der Waals surface area contributed by atoms with Crippen molar-refractivity contribution in [3.8, 4) is 0 Å². The van der Waals surface area contributed by atoms with Gasteiger partial charge in [0.25, 0.3) is 0 Å². The molecule has 0 aliphatic rings. The Kier molecular flexibility index (Phi) is 3.16. The molecule has 0 fully saturated rings. The first-order valence-electron chi connectivity index (χ1n) is 4.44. The van der Waals surface area contributed by atoms with Gasteiger partial charge in [0.15, 0.2) is 4.34 Å². The zero-order valence-electron chi connectivity index (χ0n) is 8.47. The Hall–Kier alpha value is -1.47. The second kappa shape index (κ2) is 4.58. The molecule has 3 N–H and O–H groups in total. The molecule has 0 amide bonds. The molecule has 5 nitrogen and oxygen atoms in total. The number of aromatic nitrogens is 3. The second-order valence-corrected chi connectivity index (χ2v) is 5.41.